The molecule has 1 unspecified atom stereocenters. The van der Waals surface area contributed by atoms with Crippen molar-refractivity contribution < 1.29 is 13.2 Å². The van der Waals surface area contributed by atoms with Crippen LogP contribution in [0.25, 0.3) is 0 Å². The highest BCUT2D eigenvalue weighted by Gasteiger charge is 2.30. The molecule has 0 bridgehead atoms. The highest BCUT2D eigenvalue weighted by molar-refractivity contribution is 6.21. The summed E-state index contributed by atoms with van der Waals surface area (Å²) in [7, 11) is 0. The summed E-state index contributed by atoms with van der Waals surface area (Å²) >= 11 is 6.20. The topological polar surface area (TPSA) is 50.4 Å². The molecular formula is C16H15ClF3N3. The number of benzene rings is 2. The summed E-state index contributed by atoms with van der Waals surface area (Å²) in [6.45, 7) is 0.212. The lowest BCUT2D eigenvalue weighted by atomic mass is 10.1. The summed E-state index contributed by atoms with van der Waals surface area (Å²) in [6, 6.07) is 14.1. The highest BCUT2D eigenvalue weighted by atomic mass is 35.5. The molecule has 3 nitrogen and oxygen atoms in total. The van der Waals surface area contributed by atoms with Crippen LogP contribution in [-0.4, -0.2) is 12.5 Å². The van der Waals surface area contributed by atoms with E-state index in [0.29, 0.717) is 0 Å². The SMILES string of the molecule is NC(=NCC(Cl)c1ccccc1)Nc1cccc(C(F)(F)F)c1. The number of halogens is 4. The molecule has 7 heteroatoms. The van der Waals surface area contributed by atoms with Gasteiger partial charge < -0.3 is 11.1 Å². The number of rotatable bonds is 4. The average molecular weight is 342 g/mol. The van der Waals surface area contributed by atoms with Crippen LogP contribution in [-0.2, 0) is 6.18 Å². The zero-order chi connectivity index (χ0) is 16.9. The molecule has 0 saturated heterocycles. The Morgan fingerprint density at radius 3 is 2.48 bits per heavy atom. The van der Waals surface area contributed by atoms with Gasteiger partial charge in [-0.3, -0.25) is 4.99 Å². The van der Waals surface area contributed by atoms with Gasteiger partial charge in [0.1, 0.15) is 0 Å². The van der Waals surface area contributed by atoms with E-state index in [9.17, 15) is 13.2 Å². The number of aliphatic imine (C=N–C) groups is 1. The van der Waals surface area contributed by atoms with Crippen LogP contribution < -0.4 is 11.1 Å². The number of nitrogens with zero attached hydrogens (tertiary/aromatic N) is 1. The Balaban J connectivity index is 2.00. The van der Waals surface area contributed by atoms with Crippen molar-refractivity contribution in [2.24, 2.45) is 10.7 Å². The van der Waals surface area contributed by atoms with Gasteiger partial charge >= 0.3 is 6.18 Å². The van der Waals surface area contributed by atoms with Gasteiger partial charge in [0.2, 0.25) is 0 Å². The summed E-state index contributed by atoms with van der Waals surface area (Å²) in [4.78, 5) is 4.06. The molecule has 0 saturated carbocycles. The lowest BCUT2D eigenvalue weighted by Gasteiger charge is -2.11. The number of nitrogens with two attached hydrogens (primary N) is 1. The van der Waals surface area contributed by atoms with Crippen LogP contribution >= 0.6 is 11.6 Å². The first-order valence-corrected chi connectivity index (χ1v) is 7.23. The van der Waals surface area contributed by atoms with Crippen molar-refractivity contribution in [1.29, 1.82) is 0 Å². The van der Waals surface area contributed by atoms with Gasteiger partial charge in [-0.15, -0.1) is 11.6 Å². The van der Waals surface area contributed by atoms with Gasteiger partial charge in [-0.1, -0.05) is 36.4 Å². The van der Waals surface area contributed by atoms with Crippen molar-refractivity contribution in [2.45, 2.75) is 11.6 Å². The lowest BCUT2D eigenvalue weighted by molar-refractivity contribution is -0.137. The Morgan fingerprint density at radius 2 is 1.83 bits per heavy atom. The normalized spacial score (nSPS) is 13.7. The number of nitrogens with one attached hydrogen (secondary N) is 1. The van der Waals surface area contributed by atoms with E-state index in [0.717, 1.165) is 17.7 Å². The first kappa shape index (κ1) is 17.1. The van der Waals surface area contributed by atoms with Crippen molar-refractivity contribution >= 4 is 23.2 Å². The number of guanidine groups is 1. The smallest absolute Gasteiger partial charge is 0.370 e. The zero-order valence-corrected chi connectivity index (χ0v) is 12.8. The Labute approximate surface area is 137 Å². The molecule has 0 aliphatic heterocycles. The quantitative estimate of drug-likeness (QED) is 0.491. The third-order valence-electron chi connectivity index (χ3n) is 3.05. The van der Waals surface area contributed by atoms with E-state index in [1.165, 1.54) is 12.1 Å². The molecule has 0 aliphatic carbocycles. The largest absolute Gasteiger partial charge is 0.416 e. The first-order valence-electron chi connectivity index (χ1n) is 6.79. The van der Waals surface area contributed by atoms with Gasteiger partial charge in [0.05, 0.1) is 17.5 Å². The van der Waals surface area contributed by atoms with E-state index in [-0.39, 0.29) is 23.6 Å². The summed E-state index contributed by atoms with van der Waals surface area (Å²) in [5.41, 5.74) is 6.04. The molecule has 2 rings (SSSR count). The van der Waals surface area contributed by atoms with E-state index in [2.05, 4.69) is 10.3 Å². The van der Waals surface area contributed by atoms with E-state index in [4.69, 9.17) is 17.3 Å². The highest BCUT2D eigenvalue weighted by Crippen LogP contribution is 2.30. The van der Waals surface area contributed by atoms with Gasteiger partial charge in [0.15, 0.2) is 5.96 Å². The molecule has 0 aliphatic rings. The predicted molar refractivity (Wildman–Crippen MR) is 86.6 cm³/mol. The molecule has 2 aromatic rings. The minimum absolute atomic E-state index is 0.00547. The van der Waals surface area contributed by atoms with Gasteiger partial charge in [-0.25, -0.2) is 0 Å². The van der Waals surface area contributed by atoms with Gasteiger partial charge in [-0.2, -0.15) is 13.2 Å². The second-order valence-corrected chi connectivity index (χ2v) is 5.33. The van der Waals surface area contributed by atoms with Crippen LogP contribution in [0.1, 0.15) is 16.5 Å². The van der Waals surface area contributed by atoms with Gasteiger partial charge in [0.25, 0.3) is 0 Å². The molecule has 3 N–H and O–H groups in total. The number of alkyl halides is 4. The third-order valence-corrected chi connectivity index (χ3v) is 3.44. The fourth-order valence-corrected chi connectivity index (χ4v) is 2.12. The molecular weight excluding hydrogens is 327 g/mol. The van der Waals surface area contributed by atoms with Gasteiger partial charge in [0, 0.05) is 5.69 Å². The Hall–Kier alpha value is -2.21. The maximum Gasteiger partial charge on any atom is 0.416 e. The fourth-order valence-electron chi connectivity index (χ4n) is 1.91. The van der Waals surface area contributed by atoms with Crippen molar-refractivity contribution in [1.82, 2.24) is 0 Å². The third kappa shape index (κ3) is 5.17. The molecule has 2 aromatic carbocycles. The van der Waals surface area contributed by atoms with Crippen LogP contribution in [0.3, 0.4) is 0 Å². The fraction of sp³-hybridized carbons (Fsp3) is 0.188. The predicted octanol–water partition coefficient (Wildman–Crippen LogP) is 4.41. The minimum Gasteiger partial charge on any atom is -0.370 e. The summed E-state index contributed by atoms with van der Waals surface area (Å²) in [6.07, 6.45) is -4.40. The lowest BCUT2D eigenvalue weighted by Crippen LogP contribution is -2.23. The Bertz CT molecular complexity index is 672. The first-order chi connectivity index (χ1) is 10.9. The van der Waals surface area contributed by atoms with E-state index in [1.54, 1.807) is 0 Å². The monoisotopic (exact) mass is 341 g/mol. The number of hydrogen-bond acceptors (Lipinski definition) is 1. The van der Waals surface area contributed by atoms with Crippen molar-refractivity contribution in [3.05, 3.63) is 65.7 Å². The summed E-state index contributed by atoms with van der Waals surface area (Å²) < 4.78 is 37.9. The minimum atomic E-state index is -4.40. The molecule has 0 fully saturated rings. The van der Waals surface area contributed by atoms with E-state index < -0.39 is 11.7 Å². The van der Waals surface area contributed by atoms with Crippen molar-refractivity contribution in [2.75, 3.05) is 11.9 Å². The number of anilines is 1. The second-order valence-electron chi connectivity index (χ2n) is 4.81. The summed E-state index contributed by atoms with van der Waals surface area (Å²) in [5.74, 6) is 0.00547. The maximum atomic E-state index is 12.6. The zero-order valence-electron chi connectivity index (χ0n) is 12.0. The molecule has 0 amide bonds. The van der Waals surface area contributed by atoms with Crippen molar-refractivity contribution in [3.8, 4) is 0 Å². The molecule has 0 heterocycles. The standard InChI is InChI=1S/C16H15ClF3N3/c17-14(11-5-2-1-3-6-11)10-22-15(21)23-13-8-4-7-12(9-13)16(18,19)20/h1-9,14H,10H2,(H3,21,22,23). The van der Waals surface area contributed by atoms with Crippen LogP contribution in [0, 0.1) is 0 Å². The molecule has 0 radical (unpaired) electrons. The Kier molecular flexibility index (Phi) is 5.50. The molecule has 122 valence electrons. The summed E-state index contributed by atoms with van der Waals surface area (Å²) in [5, 5.41) is 2.27. The van der Waals surface area contributed by atoms with Crippen LogP contribution in [0.5, 0.6) is 0 Å². The Morgan fingerprint density at radius 1 is 1.13 bits per heavy atom. The van der Waals surface area contributed by atoms with Gasteiger partial charge in [-0.05, 0) is 23.8 Å². The van der Waals surface area contributed by atoms with Crippen LogP contribution in [0.15, 0.2) is 59.6 Å². The second kappa shape index (κ2) is 7.37. The average Bonchev–Trinajstić information content (AvgIpc) is 2.53. The number of hydrogen-bond donors (Lipinski definition) is 2. The molecule has 0 aromatic heterocycles. The maximum absolute atomic E-state index is 12.6. The van der Waals surface area contributed by atoms with Crippen molar-refractivity contribution in [3.63, 3.8) is 0 Å². The van der Waals surface area contributed by atoms with E-state index >= 15 is 0 Å². The van der Waals surface area contributed by atoms with Crippen LogP contribution in [0.2, 0.25) is 0 Å². The molecule has 0 spiro atoms. The molecule has 1 atom stereocenters. The van der Waals surface area contributed by atoms with Crippen LogP contribution in [0.4, 0.5) is 18.9 Å². The van der Waals surface area contributed by atoms with E-state index in [1.807, 2.05) is 30.3 Å². The molecule has 23 heavy (non-hydrogen) atoms.